The summed E-state index contributed by atoms with van der Waals surface area (Å²) in [5.41, 5.74) is -0.516. The van der Waals surface area contributed by atoms with E-state index in [0.29, 0.717) is 0 Å². The zero-order valence-corrected chi connectivity index (χ0v) is 8.96. The molecule has 0 aliphatic rings. The van der Waals surface area contributed by atoms with Crippen LogP contribution in [0.3, 0.4) is 0 Å². The minimum atomic E-state index is -1.72. The summed E-state index contributed by atoms with van der Waals surface area (Å²) < 4.78 is 31.0. The smallest absolute Gasteiger partial charge is 0.339 e. The number of halogens is 2. The highest BCUT2D eigenvalue weighted by Gasteiger charge is 2.23. The van der Waals surface area contributed by atoms with Crippen LogP contribution < -0.4 is 0 Å². The minimum Gasteiger partial charge on any atom is -0.464 e. The number of hydrogen-bond donors (Lipinski definition) is 1. The third-order valence-electron chi connectivity index (χ3n) is 2.15. The number of esters is 1. The Bertz CT molecular complexity index is 404. The van der Waals surface area contributed by atoms with Gasteiger partial charge in [-0.05, 0) is 26.0 Å². The van der Waals surface area contributed by atoms with Gasteiger partial charge in [0, 0.05) is 11.1 Å². The highest BCUT2D eigenvalue weighted by Crippen LogP contribution is 2.22. The molecule has 0 aromatic heterocycles. The van der Waals surface area contributed by atoms with Gasteiger partial charge in [-0.3, -0.25) is 0 Å². The first-order valence-corrected chi connectivity index (χ1v) is 4.78. The molecule has 0 bridgehead atoms. The first-order chi connectivity index (χ1) is 7.49. The molecule has 0 fully saturated rings. The van der Waals surface area contributed by atoms with Crippen molar-refractivity contribution in [2.45, 2.75) is 20.0 Å². The summed E-state index contributed by atoms with van der Waals surface area (Å²) in [6, 6.07) is 2.02. The van der Waals surface area contributed by atoms with Gasteiger partial charge in [-0.2, -0.15) is 0 Å². The minimum absolute atomic E-state index is 0.0810. The molecule has 1 atom stereocenters. The number of aliphatic hydroxyl groups excluding tert-OH is 1. The first kappa shape index (κ1) is 12.6. The van der Waals surface area contributed by atoms with Crippen LogP contribution >= 0.6 is 0 Å². The summed E-state index contributed by atoms with van der Waals surface area (Å²) in [7, 11) is 0. The molecule has 0 radical (unpaired) electrons. The summed E-state index contributed by atoms with van der Waals surface area (Å²) in [4.78, 5) is 11.2. The zero-order valence-electron chi connectivity index (χ0n) is 8.96. The maximum absolute atomic E-state index is 13.5. The van der Waals surface area contributed by atoms with Crippen LogP contribution in [0.25, 0.3) is 0 Å². The van der Waals surface area contributed by atoms with Crippen molar-refractivity contribution in [1.82, 2.24) is 0 Å². The molecule has 0 saturated heterocycles. The summed E-state index contributed by atoms with van der Waals surface area (Å²) in [5, 5.41) is 9.48. The topological polar surface area (TPSA) is 46.5 Å². The fourth-order valence-corrected chi connectivity index (χ4v) is 1.24. The highest BCUT2D eigenvalue weighted by molar-refractivity contribution is 5.76. The number of hydrogen-bond acceptors (Lipinski definition) is 3. The molecule has 0 spiro atoms. The van der Waals surface area contributed by atoms with Gasteiger partial charge in [0.25, 0.3) is 0 Å². The number of rotatable bonds is 3. The summed E-state index contributed by atoms with van der Waals surface area (Å²) >= 11 is 0. The number of carbonyl (C=O) groups excluding carboxylic acids is 1. The van der Waals surface area contributed by atoms with Crippen LogP contribution in [-0.2, 0) is 9.53 Å². The second-order valence-electron chi connectivity index (χ2n) is 3.23. The summed E-state index contributed by atoms with van der Waals surface area (Å²) in [6.07, 6.45) is -1.72. The van der Waals surface area contributed by atoms with Crippen LogP contribution in [0, 0.1) is 18.6 Å². The average molecular weight is 230 g/mol. The molecule has 0 amide bonds. The van der Waals surface area contributed by atoms with Crippen molar-refractivity contribution in [2.75, 3.05) is 6.61 Å². The predicted molar refractivity (Wildman–Crippen MR) is 52.7 cm³/mol. The lowest BCUT2D eigenvalue weighted by Crippen LogP contribution is -2.17. The van der Waals surface area contributed by atoms with Gasteiger partial charge in [0.1, 0.15) is 11.6 Å². The van der Waals surface area contributed by atoms with Crippen molar-refractivity contribution in [1.29, 1.82) is 0 Å². The second kappa shape index (κ2) is 5.03. The van der Waals surface area contributed by atoms with Crippen LogP contribution in [0.1, 0.15) is 24.2 Å². The number of benzene rings is 1. The number of aliphatic hydroxyl groups is 1. The molecular weight excluding hydrogens is 218 g/mol. The van der Waals surface area contributed by atoms with Crippen molar-refractivity contribution >= 4 is 5.97 Å². The fraction of sp³-hybridized carbons (Fsp3) is 0.364. The average Bonchev–Trinajstić information content (AvgIpc) is 2.26. The lowest BCUT2D eigenvalue weighted by Gasteiger charge is -2.12. The Labute approximate surface area is 91.7 Å². The maximum Gasteiger partial charge on any atom is 0.339 e. The SMILES string of the molecule is CCOC(=O)C(O)c1ccc(F)c(C)c1F. The van der Waals surface area contributed by atoms with Crippen molar-refractivity contribution < 1.29 is 23.4 Å². The Morgan fingerprint density at radius 2 is 2.12 bits per heavy atom. The zero-order chi connectivity index (χ0) is 12.3. The van der Waals surface area contributed by atoms with Gasteiger partial charge in [0.2, 0.25) is 0 Å². The lowest BCUT2D eigenvalue weighted by molar-refractivity contribution is -0.153. The molecule has 16 heavy (non-hydrogen) atoms. The predicted octanol–water partition coefficient (Wildman–Crippen LogP) is 1.87. The molecule has 0 aliphatic heterocycles. The quantitative estimate of drug-likeness (QED) is 0.806. The molecule has 0 aliphatic carbocycles. The molecule has 1 N–H and O–H groups in total. The fourth-order valence-electron chi connectivity index (χ4n) is 1.24. The van der Waals surface area contributed by atoms with E-state index in [1.54, 1.807) is 6.92 Å². The standard InChI is InChI=1S/C11H12F2O3/c1-3-16-11(15)10(14)7-4-5-8(12)6(2)9(7)13/h4-5,10,14H,3H2,1-2H3. The monoisotopic (exact) mass is 230 g/mol. The van der Waals surface area contributed by atoms with Gasteiger partial charge in [-0.1, -0.05) is 0 Å². The van der Waals surface area contributed by atoms with E-state index in [0.717, 1.165) is 12.1 Å². The summed E-state index contributed by atoms with van der Waals surface area (Å²) in [6.45, 7) is 2.88. The van der Waals surface area contributed by atoms with Crippen molar-refractivity contribution in [3.05, 3.63) is 34.9 Å². The maximum atomic E-state index is 13.5. The molecule has 88 valence electrons. The van der Waals surface area contributed by atoms with Gasteiger partial charge in [0.05, 0.1) is 6.61 Å². The van der Waals surface area contributed by atoms with Crippen LogP contribution in [-0.4, -0.2) is 17.7 Å². The third-order valence-corrected chi connectivity index (χ3v) is 2.15. The van der Waals surface area contributed by atoms with E-state index in [9.17, 15) is 18.7 Å². The Kier molecular flexibility index (Phi) is 3.95. The van der Waals surface area contributed by atoms with E-state index in [-0.39, 0.29) is 17.7 Å². The Balaban J connectivity index is 3.05. The highest BCUT2D eigenvalue weighted by atomic mass is 19.1. The molecule has 1 aromatic carbocycles. The van der Waals surface area contributed by atoms with Gasteiger partial charge in [0.15, 0.2) is 6.10 Å². The van der Waals surface area contributed by atoms with Crippen LogP contribution in [0.5, 0.6) is 0 Å². The van der Waals surface area contributed by atoms with E-state index >= 15 is 0 Å². The molecule has 1 aromatic rings. The van der Waals surface area contributed by atoms with Crippen molar-refractivity contribution in [3.63, 3.8) is 0 Å². The largest absolute Gasteiger partial charge is 0.464 e. The van der Waals surface area contributed by atoms with Crippen LogP contribution in [0.4, 0.5) is 8.78 Å². The van der Waals surface area contributed by atoms with Crippen molar-refractivity contribution in [3.8, 4) is 0 Å². The van der Waals surface area contributed by atoms with E-state index in [1.165, 1.54) is 6.92 Å². The second-order valence-corrected chi connectivity index (χ2v) is 3.23. The van der Waals surface area contributed by atoms with Crippen LogP contribution in [0.15, 0.2) is 12.1 Å². The van der Waals surface area contributed by atoms with Crippen molar-refractivity contribution in [2.24, 2.45) is 0 Å². The van der Waals surface area contributed by atoms with E-state index in [1.807, 2.05) is 0 Å². The molecular formula is C11H12F2O3. The molecule has 0 heterocycles. The Hall–Kier alpha value is -1.49. The van der Waals surface area contributed by atoms with Gasteiger partial charge < -0.3 is 9.84 Å². The molecule has 0 saturated carbocycles. The summed E-state index contributed by atoms with van der Waals surface area (Å²) in [5.74, 6) is -2.61. The lowest BCUT2D eigenvalue weighted by atomic mass is 10.1. The van der Waals surface area contributed by atoms with Crippen LogP contribution in [0.2, 0.25) is 0 Å². The number of ether oxygens (including phenoxy) is 1. The van der Waals surface area contributed by atoms with Gasteiger partial charge in [-0.25, -0.2) is 13.6 Å². The molecule has 5 heteroatoms. The molecule has 3 nitrogen and oxygen atoms in total. The van der Waals surface area contributed by atoms with E-state index in [4.69, 9.17) is 0 Å². The molecule has 1 unspecified atom stereocenters. The first-order valence-electron chi connectivity index (χ1n) is 4.78. The molecule has 1 rings (SSSR count). The Morgan fingerprint density at radius 3 is 2.69 bits per heavy atom. The van der Waals surface area contributed by atoms with E-state index < -0.39 is 23.7 Å². The number of carbonyl (C=O) groups is 1. The van der Waals surface area contributed by atoms with Gasteiger partial charge >= 0.3 is 5.97 Å². The Morgan fingerprint density at radius 1 is 1.50 bits per heavy atom. The van der Waals surface area contributed by atoms with Gasteiger partial charge in [-0.15, -0.1) is 0 Å². The van der Waals surface area contributed by atoms with E-state index in [2.05, 4.69) is 4.74 Å². The third kappa shape index (κ3) is 2.36. The normalized spacial score (nSPS) is 12.3.